The standard InChI is InChI=1S/C26H26ClN3O3/c1-16(2)15-29(26(32)23-10-7-13-33-23)18(4)24-28-21-9-6-5-8-20(21)25(31)30(24)22-12-11-19(27)14-17(22)3/h5-14,16,18H,15H2,1-4H3. The molecule has 1 unspecified atom stereocenters. The van der Waals surface area contributed by atoms with Crippen molar-refractivity contribution in [1.82, 2.24) is 14.5 Å². The molecule has 0 N–H and O–H groups in total. The number of aromatic nitrogens is 2. The van der Waals surface area contributed by atoms with Gasteiger partial charge in [0.15, 0.2) is 5.76 Å². The lowest BCUT2D eigenvalue weighted by molar-refractivity contribution is 0.0622. The third-order valence-electron chi connectivity index (χ3n) is 5.60. The van der Waals surface area contributed by atoms with Gasteiger partial charge in [-0.25, -0.2) is 4.98 Å². The smallest absolute Gasteiger partial charge is 0.290 e. The average Bonchev–Trinajstić information content (AvgIpc) is 3.32. The molecule has 4 aromatic rings. The van der Waals surface area contributed by atoms with Crippen LogP contribution in [-0.4, -0.2) is 26.9 Å². The van der Waals surface area contributed by atoms with Crippen molar-refractivity contribution in [3.63, 3.8) is 0 Å². The lowest BCUT2D eigenvalue weighted by Crippen LogP contribution is -2.39. The fourth-order valence-electron chi connectivity index (χ4n) is 4.02. The molecule has 2 aromatic heterocycles. The summed E-state index contributed by atoms with van der Waals surface area (Å²) < 4.78 is 6.99. The van der Waals surface area contributed by atoms with Gasteiger partial charge in [0.1, 0.15) is 5.82 Å². The number of aryl methyl sites for hydroxylation is 1. The van der Waals surface area contributed by atoms with Gasteiger partial charge in [0.2, 0.25) is 0 Å². The normalized spacial score (nSPS) is 12.3. The van der Waals surface area contributed by atoms with E-state index in [-0.39, 0.29) is 23.1 Å². The molecule has 33 heavy (non-hydrogen) atoms. The van der Waals surface area contributed by atoms with Gasteiger partial charge < -0.3 is 9.32 Å². The van der Waals surface area contributed by atoms with E-state index in [1.807, 2.05) is 58.0 Å². The third kappa shape index (κ3) is 4.44. The van der Waals surface area contributed by atoms with Crippen molar-refractivity contribution in [3.05, 3.63) is 93.4 Å². The van der Waals surface area contributed by atoms with E-state index in [0.29, 0.717) is 34.0 Å². The molecule has 170 valence electrons. The minimum Gasteiger partial charge on any atom is -0.459 e. The SMILES string of the molecule is Cc1cc(Cl)ccc1-n1c(C(C)N(CC(C)C)C(=O)c2ccco2)nc2ccccc2c1=O. The Bertz CT molecular complexity index is 1360. The molecule has 1 atom stereocenters. The van der Waals surface area contributed by atoms with Gasteiger partial charge in [0, 0.05) is 11.6 Å². The fraction of sp³-hybridized carbons (Fsp3) is 0.269. The first kappa shape index (κ1) is 22.8. The molecule has 0 saturated heterocycles. The lowest BCUT2D eigenvalue weighted by Gasteiger charge is -2.31. The van der Waals surface area contributed by atoms with Gasteiger partial charge in [-0.2, -0.15) is 0 Å². The maximum absolute atomic E-state index is 13.7. The summed E-state index contributed by atoms with van der Waals surface area (Å²) in [5, 5.41) is 1.10. The van der Waals surface area contributed by atoms with Crippen molar-refractivity contribution in [3.8, 4) is 5.69 Å². The summed E-state index contributed by atoms with van der Waals surface area (Å²) in [6.07, 6.45) is 1.48. The monoisotopic (exact) mass is 463 g/mol. The number of para-hydroxylation sites is 1. The quantitative estimate of drug-likeness (QED) is 0.362. The summed E-state index contributed by atoms with van der Waals surface area (Å²) in [6.45, 7) is 8.35. The number of nitrogens with zero attached hydrogens (tertiary/aromatic N) is 3. The number of hydrogen-bond donors (Lipinski definition) is 0. The topological polar surface area (TPSA) is 68.3 Å². The summed E-state index contributed by atoms with van der Waals surface area (Å²) in [6, 6.07) is 15.4. The van der Waals surface area contributed by atoms with E-state index in [4.69, 9.17) is 21.0 Å². The zero-order valence-electron chi connectivity index (χ0n) is 19.1. The summed E-state index contributed by atoms with van der Waals surface area (Å²) in [4.78, 5) is 33.6. The van der Waals surface area contributed by atoms with E-state index in [2.05, 4.69) is 0 Å². The minimum absolute atomic E-state index is 0.192. The number of carbonyl (C=O) groups is 1. The van der Waals surface area contributed by atoms with Crippen LogP contribution in [0.2, 0.25) is 5.02 Å². The Balaban J connectivity index is 1.96. The Morgan fingerprint density at radius 2 is 1.88 bits per heavy atom. The Kier molecular flexibility index (Phi) is 6.38. The highest BCUT2D eigenvalue weighted by Gasteiger charge is 2.29. The molecule has 0 aliphatic heterocycles. The first-order chi connectivity index (χ1) is 15.8. The summed E-state index contributed by atoms with van der Waals surface area (Å²) in [5.41, 5.74) is 1.91. The molecule has 0 aliphatic rings. The maximum Gasteiger partial charge on any atom is 0.290 e. The van der Waals surface area contributed by atoms with Crippen LogP contribution < -0.4 is 5.56 Å². The number of benzene rings is 2. The predicted molar refractivity (Wildman–Crippen MR) is 130 cm³/mol. The van der Waals surface area contributed by atoms with E-state index in [1.54, 1.807) is 33.7 Å². The van der Waals surface area contributed by atoms with Crippen LogP contribution in [0.5, 0.6) is 0 Å². The van der Waals surface area contributed by atoms with Gasteiger partial charge in [0.25, 0.3) is 11.5 Å². The molecule has 2 heterocycles. The number of amides is 1. The number of fused-ring (bicyclic) bond motifs is 1. The predicted octanol–water partition coefficient (Wildman–Crippen LogP) is 5.80. The van der Waals surface area contributed by atoms with Gasteiger partial charge in [-0.05, 0) is 67.8 Å². The molecular weight excluding hydrogens is 438 g/mol. The molecule has 2 aromatic carbocycles. The van der Waals surface area contributed by atoms with Gasteiger partial charge in [-0.3, -0.25) is 14.2 Å². The molecular formula is C26H26ClN3O3. The molecule has 7 heteroatoms. The van der Waals surface area contributed by atoms with Crippen LogP contribution >= 0.6 is 11.6 Å². The van der Waals surface area contributed by atoms with Crippen LogP contribution in [0.3, 0.4) is 0 Å². The molecule has 4 rings (SSSR count). The van der Waals surface area contributed by atoms with E-state index in [0.717, 1.165) is 5.56 Å². The largest absolute Gasteiger partial charge is 0.459 e. The van der Waals surface area contributed by atoms with Crippen molar-refractivity contribution in [2.75, 3.05) is 6.54 Å². The number of furan rings is 1. The van der Waals surface area contributed by atoms with Crippen LogP contribution in [0.4, 0.5) is 0 Å². The molecule has 0 fully saturated rings. The second kappa shape index (κ2) is 9.24. The fourth-order valence-corrected chi connectivity index (χ4v) is 4.25. The Hall–Kier alpha value is -3.38. The van der Waals surface area contributed by atoms with E-state index < -0.39 is 6.04 Å². The minimum atomic E-state index is -0.502. The second-order valence-electron chi connectivity index (χ2n) is 8.56. The van der Waals surface area contributed by atoms with E-state index in [1.165, 1.54) is 6.26 Å². The van der Waals surface area contributed by atoms with Crippen LogP contribution in [-0.2, 0) is 0 Å². The molecule has 0 spiro atoms. The van der Waals surface area contributed by atoms with Crippen LogP contribution in [0, 0.1) is 12.8 Å². The summed E-state index contributed by atoms with van der Waals surface area (Å²) in [5.74, 6) is 0.678. The average molecular weight is 464 g/mol. The van der Waals surface area contributed by atoms with E-state index in [9.17, 15) is 9.59 Å². The van der Waals surface area contributed by atoms with Crippen LogP contribution in [0.15, 0.2) is 70.1 Å². The number of hydrogen-bond acceptors (Lipinski definition) is 4. The van der Waals surface area contributed by atoms with E-state index >= 15 is 0 Å². The molecule has 1 amide bonds. The van der Waals surface area contributed by atoms with Gasteiger partial charge in [0.05, 0.1) is 28.9 Å². The molecule has 0 bridgehead atoms. The highest BCUT2D eigenvalue weighted by Crippen LogP contribution is 2.27. The number of halogens is 1. The molecule has 0 saturated carbocycles. The lowest BCUT2D eigenvalue weighted by atomic mass is 10.1. The summed E-state index contributed by atoms with van der Waals surface area (Å²) in [7, 11) is 0. The van der Waals surface area contributed by atoms with Crippen molar-refractivity contribution >= 4 is 28.4 Å². The van der Waals surface area contributed by atoms with Crippen molar-refractivity contribution in [2.24, 2.45) is 5.92 Å². The molecule has 6 nitrogen and oxygen atoms in total. The van der Waals surface area contributed by atoms with Gasteiger partial charge in [-0.1, -0.05) is 37.6 Å². The highest BCUT2D eigenvalue weighted by atomic mass is 35.5. The zero-order chi connectivity index (χ0) is 23.7. The van der Waals surface area contributed by atoms with Crippen molar-refractivity contribution in [2.45, 2.75) is 33.7 Å². The Morgan fingerprint density at radius 1 is 1.12 bits per heavy atom. The Labute approximate surface area is 197 Å². The molecule has 0 radical (unpaired) electrons. The second-order valence-corrected chi connectivity index (χ2v) is 9.00. The zero-order valence-corrected chi connectivity index (χ0v) is 19.8. The number of rotatable bonds is 6. The summed E-state index contributed by atoms with van der Waals surface area (Å²) >= 11 is 6.18. The third-order valence-corrected chi connectivity index (χ3v) is 5.83. The van der Waals surface area contributed by atoms with Crippen molar-refractivity contribution < 1.29 is 9.21 Å². The highest BCUT2D eigenvalue weighted by molar-refractivity contribution is 6.30. The Morgan fingerprint density at radius 3 is 2.55 bits per heavy atom. The van der Waals surface area contributed by atoms with Crippen LogP contribution in [0.25, 0.3) is 16.6 Å². The van der Waals surface area contributed by atoms with Crippen LogP contribution in [0.1, 0.15) is 48.8 Å². The van der Waals surface area contributed by atoms with Gasteiger partial charge >= 0.3 is 0 Å². The van der Waals surface area contributed by atoms with Gasteiger partial charge in [-0.15, -0.1) is 0 Å². The first-order valence-electron chi connectivity index (χ1n) is 10.9. The van der Waals surface area contributed by atoms with Crippen molar-refractivity contribution in [1.29, 1.82) is 0 Å². The maximum atomic E-state index is 13.7. The molecule has 0 aliphatic carbocycles. The number of carbonyl (C=O) groups excluding carboxylic acids is 1. The first-order valence-corrected chi connectivity index (χ1v) is 11.3.